The maximum absolute atomic E-state index is 12.1. The Morgan fingerprint density at radius 2 is 1.56 bits per heavy atom. The fraction of sp³-hybridized carbons (Fsp3) is 0.310. The molecule has 0 aliphatic heterocycles. The van der Waals surface area contributed by atoms with E-state index in [4.69, 9.17) is 18.9 Å². The monoisotopic (exact) mass is 491 g/mol. The van der Waals surface area contributed by atoms with Crippen molar-refractivity contribution in [3.63, 3.8) is 0 Å². The second-order valence-electron chi connectivity index (χ2n) is 8.02. The predicted octanol–water partition coefficient (Wildman–Crippen LogP) is 5.11. The van der Waals surface area contributed by atoms with Gasteiger partial charge in [-0.05, 0) is 54.8 Å². The fourth-order valence-corrected chi connectivity index (χ4v) is 3.55. The second-order valence-corrected chi connectivity index (χ2v) is 8.02. The molecule has 1 amide bonds. The lowest BCUT2D eigenvalue weighted by Crippen LogP contribution is -2.28. The lowest BCUT2D eigenvalue weighted by atomic mass is 10.1. The van der Waals surface area contributed by atoms with Gasteiger partial charge in [0, 0.05) is 26.0 Å². The molecule has 36 heavy (non-hydrogen) atoms. The minimum absolute atomic E-state index is 0.325. The van der Waals surface area contributed by atoms with Gasteiger partial charge in [0.05, 0.1) is 13.2 Å². The summed E-state index contributed by atoms with van der Waals surface area (Å²) >= 11 is 0. The molecule has 0 saturated carbocycles. The van der Waals surface area contributed by atoms with Crippen molar-refractivity contribution in [2.24, 2.45) is 0 Å². The second kappa shape index (κ2) is 14.5. The van der Waals surface area contributed by atoms with Gasteiger partial charge < -0.3 is 24.3 Å². The molecule has 0 fully saturated rings. The van der Waals surface area contributed by atoms with Crippen LogP contribution in [-0.2, 0) is 33.7 Å². The Bertz CT molecular complexity index is 1080. The van der Waals surface area contributed by atoms with Gasteiger partial charge in [0.15, 0.2) is 6.10 Å². The molecule has 0 spiro atoms. The first kappa shape index (κ1) is 26.8. The van der Waals surface area contributed by atoms with E-state index < -0.39 is 12.2 Å². The normalized spacial score (nSPS) is 11.4. The van der Waals surface area contributed by atoms with Crippen molar-refractivity contribution in [3.8, 4) is 11.5 Å². The fourth-order valence-electron chi connectivity index (χ4n) is 3.55. The average molecular weight is 492 g/mol. The molecule has 0 bridgehead atoms. The van der Waals surface area contributed by atoms with Crippen LogP contribution in [0.5, 0.6) is 11.5 Å². The number of hydrogen-bond donors (Lipinski definition) is 1. The highest BCUT2D eigenvalue weighted by Gasteiger charge is 2.20. The molecule has 0 aliphatic carbocycles. The van der Waals surface area contributed by atoms with Crippen molar-refractivity contribution in [1.29, 1.82) is 0 Å². The molecule has 3 rings (SSSR count). The average Bonchev–Trinajstić information content (AvgIpc) is 2.89. The quantitative estimate of drug-likeness (QED) is 0.335. The molecule has 7 heteroatoms. The molecular weight excluding hydrogens is 458 g/mol. The van der Waals surface area contributed by atoms with Crippen molar-refractivity contribution in [2.75, 3.05) is 19.8 Å². The van der Waals surface area contributed by atoms with Crippen LogP contribution < -0.4 is 14.8 Å². The Morgan fingerprint density at radius 1 is 0.806 bits per heavy atom. The maximum atomic E-state index is 12.1. The number of carbonyl (C=O) groups is 2. The number of hydrogen-bond acceptors (Lipinski definition) is 6. The molecule has 0 radical (unpaired) electrons. The third-order valence-corrected chi connectivity index (χ3v) is 5.31. The number of amides is 1. The van der Waals surface area contributed by atoms with Crippen LogP contribution in [0, 0.1) is 0 Å². The Hall–Kier alpha value is -3.84. The highest BCUT2D eigenvalue weighted by atomic mass is 16.6. The van der Waals surface area contributed by atoms with E-state index >= 15 is 0 Å². The van der Waals surface area contributed by atoms with Crippen LogP contribution in [0.15, 0.2) is 78.9 Å². The maximum Gasteiger partial charge on any atom is 0.412 e. The summed E-state index contributed by atoms with van der Waals surface area (Å²) in [6, 6.07) is 24.6. The number of nitrogens with one attached hydrogen (secondary N) is 1. The van der Waals surface area contributed by atoms with Crippen LogP contribution in [0.3, 0.4) is 0 Å². The molecule has 190 valence electrons. The summed E-state index contributed by atoms with van der Waals surface area (Å²) in [6.45, 7) is 5.27. The zero-order valence-corrected chi connectivity index (χ0v) is 20.8. The van der Waals surface area contributed by atoms with Crippen LogP contribution in [-0.4, -0.2) is 38.0 Å². The minimum atomic E-state index is -0.614. The lowest BCUT2D eigenvalue weighted by Gasteiger charge is -2.16. The first-order chi connectivity index (χ1) is 17.6. The van der Waals surface area contributed by atoms with E-state index in [1.54, 1.807) is 13.0 Å². The van der Waals surface area contributed by atoms with E-state index in [9.17, 15) is 9.59 Å². The van der Waals surface area contributed by atoms with Crippen molar-refractivity contribution in [3.05, 3.63) is 95.6 Å². The summed E-state index contributed by atoms with van der Waals surface area (Å²) < 4.78 is 21.9. The molecule has 1 unspecified atom stereocenters. The number of ether oxygens (including phenoxy) is 4. The molecule has 0 aromatic heterocycles. The van der Waals surface area contributed by atoms with Gasteiger partial charge in [-0.1, -0.05) is 54.6 Å². The molecule has 0 aliphatic rings. The number of benzene rings is 3. The van der Waals surface area contributed by atoms with Gasteiger partial charge in [-0.2, -0.15) is 0 Å². The molecule has 0 heterocycles. The zero-order chi connectivity index (χ0) is 25.6. The SMILES string of the molecule is CCOC(=O)C(Cc1ccc(OCCc2cccc(OC(=O)NCc3ccccc3)c2)cc1)OCC. The van der Waals surface area contributed by atoms with Gasteiger partial charge in [0.1, 0.15) is 11.5 Å². The summed E-state index contributed by atoms with van der Waals surface area (Å²) in [6.07, 6.45) is -0.0167. The molecule has 0 saturated heterocycles. The highest BCUT2D eigenvalue weighted by molar-refractivity contribution is 5.75. The smallest absolute Gasteiger partial charge is 0.412 e. The van der Waals surface area contributed by atoms with Gasteiger partial charge >= 0.3 is 12.1 Å². The Morgan fingerprint density at radius 3 is 2.28 bits per heavy atom. The molecule has 1 atom stereocenters. The van der Waals surface area contributed by atoms with Gasteiger partial charge in [-0.3, -0.25) is 0 Å². The van der Waals surface area contributed by atoms with E-state index in [0.717, 1.165) is 22.4 Å². The molecule has 3 aromatic carbocycles. The van der Waals surface area contributed by atoms with Gasteiger partial charge in [-0.25, -0.2) is 9.59 Å². The van der Waals surface area contributed by atoms with Crippen LogP contribution in [0.2, 0.25) is 0 Å². The largest absolute Gasteiger partial charge is 0.493 e. The zero-order valence-electron chi connectivity index (χ0n) is 20.8. The first-order valence-corrected chi connectivity index (χ1v) is 12.2. The summed E-state index contributed by atoms with van der Waals surface area (Å²) in [5.74, 6) is 0.864. The lowest BCUT2D eigenvalue weighted by molar-refractivity contribution is -0.156. The van der Waals surface area contributed by atoms with Gasteiger partial charge in [-0.15, -0.1) is 0 Å². The predicted molar refractivity (Wildman–Crippen MR) is 137 cm³/mol. The summed E-state index contributed by atoms with van der Waals surface area (Å²) in [5.41, 5.74) is 2.96. The van der Waals surface area contributed by atoms with E-state index in [-0.39, 0.29) is 5.97 Å². The van der Waals surface area contributed by atoms with E-state index in [2.05, 4.69) is 5.32 Å². The van der Waals surface area contributed by atoms with Crippen LogP contribution in [0.4, 0.5) is 4.79 Å². The minimum Gasteiger partial charge on any atom is -0.493 e. The van der Waals surface area contributed by atoms with E-state index in [1.807, 2.05) is 79.7 Å². The van der Waals surface area contributed by atoms with Crippen molar-refractivity contribution in [2.45, 2.75) is 39.3 Å². The van der Waals surface area contributed by atoms with Crippen LogP contribution >= 0.6 is 0 Å². The van der Waals surface area contributed by atoms with E-state index in [0.29, 0.717) is 45.0 Å². The Labute approximate surface area is 212 Å². The number of esters is 1. The third kappa shape index (κ3) is 9.07. The van der Waals surface area contributed by atoms with E-state index in [1.165, 1.54) is 0 Å². The molecule has 3 aromatic rings. The van der Waals surface area contributed by atoms with Gasteiger partial charge in [0.2, 0.25) is 0 Å². The van der Waals surface area contributed by atoms with Crippen molar-refractivity contribution >= 4 is 12.1 Å². The molecule has 1 N–H and O–H groups in total. The number of rotatable bonds is 13. The standard InChI is InChI=1S/C29H33NO6/c1-3-33-27(28(31)34-4-2)20-23-13-15-25(16-14-23)35-18-17-22-11-8-12-26(19-22)36-29(32)30-21-24-9-6-5-7-10-24/h5-16,19,27H,3-4,17-18,20-21H2,1-2H3,(H,30,32). The number of carbonyl (C=O) groups excluding carboxylic acids is 2. The van der Waals surface area contributed by atoms with Crippen LogP contribution in [0.25, 0.3) is 0 Å². The highest BCUT2D eigenvalue weighted by Crippen LogP contribution is 2.17. The summed E-state index contributed by atoms with van der Waals surface area (Å²) in [5, 5.41) is 2.75. The summed E-state index contributed by atoms with van der Waals surface area (Å²) in [4.78, 5) is 24.2. The summed E-state index contributed by atoms with van der Waals surface area (Å²) in [7, 11) is 0. The molecular formula is C29H33NO6. The van der Waals surface area contributed by atoms with Crippen molar-refractivity contribution in [1.82, 2.24) is 5.32 Å². The first-order valence-electron chi connectivity index (χ1n) is 12.2. The van der Waals surface area contributed by atoms with Crippen molar-refractivity contribution < 1.29 is 28.5 Å². The van der Waals surface area contributed by atoms with Gasteiger partial charge in [0.25, 0.3) is 0 Å². The third-order valence-electron chi connectivity index (χ3n) is 5.31. The Balaban J connectivity index is 1.44. The Kier molecular flexibility index (Phi) is 10.8. The topological polar surface area (TPSA) is 83.1 Å². The van der Waals surface area contributed by atoms with Crippen LogP contribution in [0.1, 0.15) is 30.5 Å². The molecule has 7 nitrogen and oxygen atoms in total.